The molecule has 0 radical (unpaired) electrons. The summed E-state index contributed by atoms with van der Waals surface area (Å²) in [5, 5.41) is 3.94. The third-order valence-electron chi connectivity index (χ3n) is 6.09. The van der Waals surface area contributed by atoms with Crippen molar-refractivity contribution < 1.29 is 14.3 Å². The molecule has 5 rings (SSSR count). The zero-order chi connectivity index (χ0) is 20.6. The maximum atomic E-state index is 12.8. The zero-order valence-corrected chi connectivity index (χ0v) is 16.6. The molecular weight excluding hydrogens is 382 g/mol. The number of piperidine rings is 1. The Kier molecular flexibility index (Phi) is 4.78. The van der Waals surface area contributed by atoms with E-state index in [4.69, 9.17) is 9.72 Å². The van der Waals surface area contributed by atoms with Gasteiger partial charge >= 0.3 is 0 Å². The van der Waals surface area contributed by atoms with E-state index in [2.05, 4.69) is 15.5 Å². The Balaban J connectivity index is 1.37. The lowest BCUT2D eigenvalue weighted by Gasteiger charge is -2.44. The topological polar surface area (TPSA) is 96.8 Å². The average Bonchev–Trinajstić information content (AvgIpc) is 2.80. The van der Waals surface area contributed by atoms with Gasteiger partial charge in [0.1, 0.15) is 11.3 Å². The summed E-state index contributed by atoms with van der Waals surface area (Å²) in [5.41, 5.74) is 5.40. The largest absolute Gasteiger partial charge is 0.368 e. The van der Waals surface area contributed by atoms with Gasteiger partial charge in [-0.25, -0.2) is 15.4 Å². The normalized spacial score (nSPS) is 20.3. The van der Waals surface area contributed by atoms with Crippen LogP contribution in [0, 0.1) is 0 Å². The van der Waals surface area contributed by atoms with E-state index in [1.165, 1.54) is 0 Å². The molecule has 0 unspecified atom stereocenters. The number of carbonyl (C=O) groups excluding carboxylic acids is 2. The number of hydrazone groups is 1. The van der Waals surface area contributed by atoms with E-state index >= 15 is 0 Å². The SMILES string of the molecule is O=C1CCC(C(=O)N2CCC3(CC2)OCCc2cnc(-c4ccccc4)nc23)=NN1. The first-order chi connectivity index (χ1) is 14.6. The minimum atomic E-state index is -0.487. The Bertz CT molecular complexity index is 1010. The lowest BCUT2D eigenvalue weighted by atomic mass is 9.83. The van der Waals surface area contributed by atoms with Crippen LogP contribution in [0.1, 0.15) is 36.9 Å². The van der Waals surface area contributed by atoms with Crippen LogP contribution in [0.15, 0.2) is 41.6 Å². The molecule has 1 N–H and O–H groups in total. The zero-order valence-electron chi connectivity index (χ0n) is 16.6. The molecule has 0 saturated carbocycles. The number of hydrogen-bond donors (Lipinski definition) is 1. The molecule has 2 amide bonds. The quantitative estimate of drug-likeness (QED) is 0.822. The highest BCUT2D eigenvalue weighted by Gasteiger charge is 2.44. The van der Waals surface area contributed by atoms with Gasteiger partial charge in [0.15, 0.2) is 5.82 Å². The molecule has 1 fully saturated rings. The van der Waals surface area contributed by atoms with Gasteiger partial charge in [-0.05, 0) is 24.8 Å². The highest BCUT2D eigenvalue weighted by Crippen LogP contribution is 2.41. The number of nitrogens with one attached hydrogen (secondary N) is 1. The Morgan fingerprint density at radius 1 is 1.10 bits per heavy atom. The summed E-state index contributed by atoms with van der Waals surface area (Å²) >= 11 is 0. The summed E-state index contributed by atoms with van der Waals surface area (Å²) in [6.07, 6.45) is 4.77. The van der Waals surface area contributed by atoms with Gasteiger partial charge in [-0.1, -0.05) is 30.3 Å². The van der Waals surface area contributed by atoms with Crippen LogP contribution in [0.5, 0.6) is 0 Å². The van der Waals surface area contributed by atoms with Crippen molar-refractivity contribution in [3.05, 3.63) is 47.8 Å². The van der Waals surface area contributed by atoms with Crippen molar-refractivity contribution in [3.63, 3.8) is 0 Å². The molecule has 0 atom stereocenters. The maximum absolute atomic E-state index is 12.8. The smallest absolute Gasteiger partial charge is 0.270 e. The fourth-order valence-corrected chi connectivity index (χ4v) is 4.40. The number of benzene rings is 1. The molecule has 3 aliphatic rings. The number of rotatable bonds is 2. The molecular formula is C22H23N5O3. The second-order valence-electron chi connectivity index (χ2n) is 7.91. The lowest BCUT2D eigenvalue weighted by molar-refractivity contribution is -0.135. The van der Waals surface area contributed by atoms with Crippen LogP contribution in [0.4, 0.5) is 0 Å². The molecule has 1 saturated heterocycles. The van der Waals surface area contributed by atoms with Crippen molar-refractivity contribution in [1.29, 1.82) is 0 Å². The van der Waals surface area contributed by atoms with Gasteiger partial charge in [0.25, 0.3) is 5.91 Å². The van der Waals surface area contributed by atoms with Crippen molar-refractivity contribution in [3.8, 4) is 11.4 Å². The van der Waals surface area contributed by atoms with Gasteiger partial charge in [0.05, 0.1) is 12.3 Å². The summed E-state index contributed by atoms with van der Waals surface area (Å²) in [6, 6.07) is 9.93. The van der Waals surface area contributed by atoms with Crippen molar-refractivity contribution in [2.75, 3.05) is 19.7 Å². The molecule has 154 valence electrons. The Morgan fingerprint density at radius 3 is 2.63 bits per heavy atom. The molecule has 1 aromatic heterocycles. The molecule has 2 aromatic rings. The van der Waals surface area contributed by atoms with E-state index in [9.17, 15) is 9.59 Å². The molecule has 8 heteroatoms. The van der Waals surface area contributed by atoms with Gasteiger partial charge < -0.3 is 9.64 Å². The maximum Gasteiger partial charge on any atom is 0.270 e. The van der Waals surface area contributed by atoms with Gasteiger partial charge in [-0.3, -0.25) is 9.59 Å². The molecule has 0 aliphatic carbocycles. The average molecular weight is 405 g/mol. The van der Waals surface area contributed by atoms with E-state index < -0.39 is 5.60 Å². The Hall–Kier alpha value is -3.13. The standard InChI is InChI=1S/C22H23N5O3/c28-18-7-6-17(25-26-18)21(29)27-11-9-22(10-12-27)19-16(8-13-30-22)14-23-20(24-19)15-4-2-1-3-5-15/h1-5,14H,6-13H2,(H,26,28). The van der Waals surface area contributed by atoms with Crippen molar-refractivity contribution in [2.24, 2.45) is 5.10 Å². The van der Waals surface area contributed by atoms with Gasteiger partial charge in [0, 0.05) is 37.7 Å². The summed E-state index contributed by atoms with van der Waals surface area (Å²) in [5.74, 6) is 0.448. The number of amides is 2. The van der Waals surface area contributed by atoms with Gasteiger partial charge in [-0.15, -0.1) is 0 Å². The Morgan fingerprint density at radius 2 is 1.90 bits per heavy atom. The van der Waals surface area contributed by atoms with Crippen LogP contribution in [-0.4, -0.2) is 52.1 Å². The molecule has 8 nitrogen and oxygen atoms in total. The van der Waals surface area contributed by atoms with E-state index in [1.54, 1.807) is 4.90 Å². The number of likely N-dealkylation sites (tertiary alicyclic amines) is 1. The number of nitrogens with zero attached hydrogens (tertiary/aromatic N) is 4. The highest BCUT2D eigenvalue weighted by atomic mass is 16.5. The van der Waals surface area contributed by atoms with Crippen LogP contribution >= 0.6 is 0 Å². The fraction of sp³-hybridized carbons (Fsp3) is 0.409. The van der Waals surface area contributed by atoms with Crippen LogP contribution in [0.3, 0.4) is 0 Å². The van der Waals surface area contributed by atoms with E-state index in [-0.39, 0.29) is 11.8 Å². The Labute approximate surface area is 174 Å². The van der Waals surface area contributed by atoms with E-state index in [1.807, 2.05) is 36.5 Å². The number of aromatic nitrogens is 2. The minimum absolute atomic E-state index is 0.103. The summed E-state index contributed by atoms with van der Waals surface area (Å²) in [4.78, 5) is 35.4. The predicted molar refractivity (Wildman–Crippen MR) is 109 cm³/mol. The first kappa shape index (κ1) is 18.9. The molecule has 1 spiro atoms. The van der Waals surface area contributed by atoms with Crippen LogP contribution in [0.25, 0.3) is 11.4 Å². The van der Waals surface area contributed by atoms with Crippen LogP contribution in [0.2, 0.25) is 0 Å². The lowest BCUT2D eigenvalue weighted by Crippen LogP contribution is -2.51. The third kappa shape index (κ3) is 3.37. The van der Waals surface area contributed by atoms with Gasteiger partial charge in [0.2, 0.25) is 5.91 Å². The highest BCUT2D eigenvalue weighted by molar-refractivity contribution is 6.39. The van der Waals surface area contributed by atoms with E-state index in [0.29, 0.717) is 56.9 Å². The third-order valence-corrected chi connectivity index (χ3v) is 6.09. The van der Waals surface area contributed by atoms with Crippen molar-refractivity contribution in [1.82, 2.24) is 20.3 Å². The minimum Gasteiger partial charge on any atom is -0.368 e. The van der Waals surface area contributed by atoms with Gasteiger partial charge in [-0.2, -0.15) is 5.10 Å². The molecule has 4 heterocycles. The molecule has 0 bridgehead atoms. The number of ether oxygens (including phenoxy) is 1. The second-order valence-corrected chi connectivity index (χ2v) is 7.91. The molecule has 3 aliphatic heterocycles. The van der Waals surface area contributed by atoms with Crippen LogP contribution in [-0.2, 0) is 26.3 Å². The summed E-state index contributed by atoms with van der Waals surface area (Å²) in [6.45, 7) is 1.76. The first-order valence-electron chi connectivity index (χ1n) is 10.4. The fourth-order valence-electron chi connectivity index (χ4n) is 4.40. The second kappa shape index (κ2) is 7.60. The number of hydrogen-bond acceptors (Lipinski definition) is 6. The number of fused-ring (bicyclic) bond motifs is 2. The first-order valence-corrected chi connectivity index (χ1v) is 10.4. The van der Waals surface area contributed by atoms with Crippen molar-refractivity contribution >= 4 is 17.5 Å². The predicted octanol–water partition coefficient (Wildman–Crippen LogP) is 1.80. The van der Waals surface area contributed by atoms with Crippen LogP contribution < -0.4 is 5.43 Å². The summed E-state index contributed by atoms with van der Waals surface area (Å²) < 4.78 is 6.30. The monoisotopic (exact) mass is 405 g/mol. The molecule has 1 aromatic carbocycles. The molecule has 30 heavy (non-hydrogen) atoms. The summed E-state index contributed by atoms with van der Waals surface area (Å²) in [7, 11) is 0. The number of carbonyl (C=O) groups is 2. The van der Waals surface area contributed by atoms with Crippen molar-refractivity contribution in [2.45, 2.75) is 37.7 Å². The van der Waals surface area contributed by atoms with E-state index in [0.717, 1.165) is 23.2 Å².